The zero-order valence-corrected chi connectivity index (χ0v) is 13.1. The van der Waals surface area contributed by atoms with Crippen LogP contribution in [0.1, 0.15) is 45.2 Å². The Morgan fingerprint density at radius 1 is 1.48 bits per heavy atom. The monoisotopic (exact) mass is 291 g/mol. The summed E-state index contributed by atoms with van der Waals surface area (Å²) >= 11 is 0. The van der Waals surface area contributed by atoms with Crippen LogP contribution in [-0.2, 0) is 4.74 Å². The molecule has 5 nitrogen and oxygen atoms in total. The van der Waals surface area contributed by atoms with E-state index in [2.05, 4.69) is 31.1 Å². The predicted molar refractivity (Wildman–Crippen MR) is 82.0 cm³/mol. The lowest BCUT2D eigenvalue weighted by atomic mass is 10.0. The normalized spacial score (nSPS) is 23.7. The molecular formula is C16H25N3O2. The minimum Gasteiger partial charge on any atom is -0.372 e. The molecule has 1 aliphatic heterocycles. The van der Waals surface area contributed by atoms with Crippen molar-refractivity contribution < 1.29 is 9.53 Å². The van der Waals surface area contributed by atoms with Gasteiger partial charge in [0.2, 0.25) is 0 Å². The molecule has 2 heterocycles. The van der Waals surface area contributed by atoms with Crippen LogP contribution in [0.4, 0.5) is 4.79 Å². The van der Waals surface area contributed by atoms with E-state index in [1.54, 1.807) is 12.4 Å². The Morgan fingerprint density at radius 2 is 2.19 bits per heavy atom. The molecule has 0 unspecified atom stereocenters. The highest BCUT2D eigenvalue weighted by molar-refractivity contribution is 5.75. The summed E-state index contributed by atoms with van der Waals surface area (Å²) in [5.74, 6) is 0. The van der Waals surface area contributed by atoms with Crippen molar-refractivity contribution in [2.75, 3.05) is 19.7 Å². The SMILES string of the molecule is CC[C@@H](NC(=O)N1CCO[C@@](C)(CC)C1)c1ccncc1. The van der Waals surface area contributed by atoms with Gasteiger partial charge in [0.15, 0.2) is 0 Å². The van der Waals surface area contributed by atoms with Gasteiger partial charge in [-0.15, -0.1) is 0 Å². The van der Waals surface area contributed by atoms with Gasteiger partial charge in [0.05, 0.1) is 24.8 Å². The van der Waals surface area contributed by atoms with E-state index in [4.69, 9.17) is 4.74 Å². The fourth-order valence-corrected chi connectivity index (χ4v) is 2.58. The minimum absolute atomic E-state index is 0.0124. The number of carbonyl (C=O) groups excluding carboxylic acids is 1. The number of morpholine rings is 1. The molecule has 1 aromatic rings. The van der Waals surface area contributed by atoms with Crippen molar-refractivity contribution in [3.05, 3.63) is 30.1 Å². The fourth-order valence-electron chi connectivity index (χ4n) is 2.58. The fraction of sp³-hybridized carbons (Fsp3) is 0.625. The van der Waals surface area contributed by atoms with Gasteiger partial charge in [-0.1, -0.05) is 13.8 Å². The molecule has 5 heteroatoms. The molecule has 0 aliphatic carbocycles. The molecule has 21 heavy (non-hydrogen) atoms. The lowest BCUT2D eigenvalue weighted by Gasteiger charge is -2.40. The van der Waals surface area contributed by atoms with Gasteiger partial charge in [0.25, 0.3) is 0 Å². The maximum Gasteiger partial charge on any atom is 0.318 e. The first-order valence-corrected chi connectivity index (χ1v) is 7.67. The summed E-state index contributed by atoms with van der Waals surface area (Å²) in [5, 5.41) is 3.12. The van der Waals surface area contributed by atoms with Crippen LogP contribution < -0.4 is 5.32 Å². The number of amides is 2. The average Bonchev–Trinajstić information content (AvgIpc) is 2.53. The zero-order chi connectivity index (χ0) is 15.3. The summed E-state index contributed by atoms with van der Waals surface area (Å²) < 4.78 is 5.78. The Balaban J connectivity index is 2.00. The van der Waals surface area contributed by atoms with Crippen LogP contribution in [-0.4, -0.2) is 41.2 Å². The van der Waals surface area contributed by atoms with Gasteiger partial charge >= 0.3 is 6.03 Å². The summed E-state index contributed by atoms with van der Waals surface area (Å²) in [6.45, 7) is 8.11. The van der Waals surface area contributed by atoms with Gasteiger partial charge in [-0.2, -0.15) is 0 Å². The van der Waals surface area contributed by atoms with Crippen LogP contribution in [0.25, 0.3) is 0 Å². The zero-order valence-electron chi connectivity index (χ0n) is 13.1. The Kier molecular flexibility index (Phi) is 5.17. The summed E-state index contributed by atoms with van der Waals surface area (Å²) in [7, 11) is 0. The van der Waals surface area contributed by atoms with Gasteiger partial charge in [0.1, 0.15) is 0 Å². The van der Waals surface area contributed by atoms with Crippen LogP contribution in [0.15, 0.2) is 24.5 Å². The first-order valence-electron chi connectivity index (χ1n) is 7.67. The molecule has 0 bridgehead atoms. The quantitative estimate of drug-likeness (QED) is 0.928. The number of rotatable bonds is 4. The van der Waals surface area contributed by atoms with Crippen LogP contribution in [0.3, 0.4) is 0 Å². The summed E-state index contributed by atoms with van der Waals surface area (Å²) in [6.07, 6.45) is 5.27. The molecular weight excluding hydrogens is 266 g/mol. The number of aromatic nitrogens is 1. The van der Waals surface area contributed by atoms with Gasteiger partial charge in [-0.05, 0) is 37.5 Å². The smallest absolute Gasteiger partial charge is 0.318 e. The van der Waals surface area contributed by atoms with Gasteiger partial charge < -0.3 is 15.0 Å². The summed E-state index contributed by atoms with van der Waals surface area (Å²) in [6, 6.07) is 3.91. The molecule has 0 aromatic carbocycles. The van der Waals surface area contributed by atoms with E-state index in [1.165, 1.54) is 0 Å². The summed E-state index contributed by atoms with van der Waals surface area (Å²) in [5.41, 5.74) is 0.862. The molecule has 0 spiro atoms. The second kappa shape index (κ2) is 6.89. The molecule has 2 amide bonds. The molecule has 1 fully saturated rings. The third kappa shape index (κ3) is 3.94. The highest BCUT2D eigenvalue weighted by Gasteiger charge is 2.33. The molecule has 1 saturated heterocycles. The highest BCUT2D eigenvalue weighted by atomic mass is 16.5. The molecule has 1 N–H and O–H groups in total. The van der Waals surface area contributed by atoms with Gasteiger partial charge in [-0.25, -0.2) is 4.79 Å². The van der Waals surface area contributed by atoms with E-state index < -0.39 is 0 Å². The number of ether oxygens (including phenoxy) is 1. The lowest BCUT2D eigenvalue weighted by molar-refractivity contribution is -0.0874. The molecule has 1 aromatic heterocycles. The Morgan fingerprint density at radius 3 is 2.81 bits per heavy atom. The Hall–Kier alpha value is -1.62. The molecule has 2 rings (SSSR count). The van der Waals surface area contributed by atoms with Crippen molar-refractivity contribution in [1.29, 1.82) is 0 Å². The molecule has 0 saturated carbocycles. The van der Waals surface area contributed by atoms with Crippen molar-refractivity contribution in [2.24, 2.45) is 0 Å². The second-order valence-electron chi connectivity index (χ2n) is 5.76. The maximum absolute atomic E-state index is 12.5. The summed E-state index contributed by atoms with van der Waals surface area (Å²) in [4.78, 5) is 18.4. The second-order valence-corrected chi connectivity index (χ2v) is 5.76. The maximum atomic E-state index is 12.5. The van der Waals surface area contributed by atoms with E-state index in [0.29, 0.717) is 19.7 Å². The van der Waals surface area contributed by atoms with Crippen molar-refractivity contribution >= 4 is 6.03 Å². The van der Waals surface area contributed by atoms with E-state index in [0.717, 1.165) is 18.4 Å². The van der Waals surface area contributed by atoms with E-state index in [1.807, 2.05) is 17.0 Å². The van der Waals surface area contributed by atoms with Crippen LogP contribution >= 0.6 is 0 Å². The van der Waals surface area contributed by atoms with Crippen molar-refractivity contribution in [1.82, 2.24) is 15.2 Å². The molecule has 116 valence electrons. The number of hydrogen-bond donors (Lipinski definition) is 1. The average molecular weight is 291 g/mol. The van der Waals surface area contributed by atoms with E-state index in [-0.39, 0.29) is 17.7 Å². The van der Waals surface area contributed by atoms with E-state index in [9.17, 15) is 4.79 Å². The topological polar surface area (TPSA) is 54.5 Å². The minimum atomic E-state index is -0.228. The van der Waals surface area contributed by atoms with Gasteiger partial charge in [0, 0.05) is 18.9 Å². The third-order valence-electron chi connectivity index (χ3n) is 4.19. The Labute approximate surface area is 126 Å². The number of nitrogens with zero attached hydrogens (tertiary/aromatic N) is 2. The largest absolute Gasteiger partial charge is 0.372 e. The number of hydrogen-bond acceptors (Lipinski definition) is 3. The lowest BCUT2D eigenvalue weighted by Crippen LogP contribution is -2.54. The number of nitrogens with one attached hydrogen (secondary N) is 1. The molecule has 0 radical (unpaired) electrons. The van der Waals surface area contributed by atoms with Crippen LogP contribution in [0, 0.1) is 0 Å². The standard InChI is InChI=1S/C16H25N3O2/c1-4-14(13-6-8-17-9-7-13)18-15(20)19-10-11-21-16(3,5-2)12-19/h6-9,14H,4-5,10-12H2,1-3H3,(H,18,20)/t14-,16+/m1/s1. The first kappa shape index (κ1) is 15.8. The molecule has 2 atom stereocenters. The predicted octanol–water partition coefficient (Wildman–Crippen LogP) is 2.74. The number of carbonyl (C=O) groups is 1. The van der Waals surface area contributed by atoms with Crippen LogP contribution in [0.2, 0.25) is 0 Å². The van der Waals surface area contributed by atoms with Crippen molar-refractivity contribution in [3.63, 3.8) is 0 Å². The van der Waals surface area contributed by atoms with Crippen molar-refractivity contribution in [2.45, 2.75) is 45.3 Å². The van der Waals surface area contributed by atoms with Crippen LogP contribution in [0.5, 0.6) is 0 Å². The number of urea groups is 1. The van der Waals surface area contributed by atoms with Gasteiger partial charge in [-0.3, -0.25) is 4.98 Å². The van der Waals surface area contributed by atoms with E-state index >= 15 is 0 Å². The van der Waals surface area contributed by atoms with Crippen molar-refractivity contribution in [3.8, 4) is 0 Å². The Bertz CT molecular complexity index is 466. The first-order chi connectivity index (χ1) is 10.1. The third-order valence-corrected chi connectivity index (χ3v) is 4.19. The highest BCUT2D eigenvalue weighted by Crippen LogP contribution is 2.22. The number of pyridine rings is 1. The molecule has 1 aliphatic rings.